The Morgan fingerprint density at radius 2 is 2.21 bits per heavy atom. The van der Waals surface area contributed by atoms with Crippen molar-refractivity contribution in [2.24, 2.45) is 11.7 Å². The second kappa shape index (κ2) is 4.42. The van der Waals surface area contributed by atoms with Gasteiger partial charge < -0.3 is 5.73 Å². The van der Waals surface area contributed by atoms with Gasteiger partial charge in [-0.3, -0.25) is 0 Å². The molecule has 1 fully saturated rings. The Morgan fingerprint density at radius 1 is 1.64 bits per heavy atom. The van der Waals surface area contributed by atoms with Gasteiger partial charge in [-0.2, -0.15) is 0 Å². The maximum atomic E-state index is 11.7. The SMILES string of the molecule is C=CCS(=O)(=O)N(C)C(CN)C1CC1. The van der Waals surface area contributed by atoms with Gasteiger partial charge in [-0.1, -0.05) is 6.08 Å². The lowest BCUT2D eigenvalue weighted by Crippen LogP contribution is -2.43. The van der Waals surface area contributed by atoms with Crippen LogP contribution in [0.1, 0.15) is 12.8 Å². The third-order valence-electron chi connectivity index (χ3n) is 2.64. The first-order valence-corrected chi connectivity index (χ1v) is 6.40. The molecule has 0 aromatic heterocycles. The fraction of sp³-hybridized carbons (Fsp3) is 0.778. The Labute approximate surface area is 85.8 Å². The molecule has 1 aliphatic carbocycles. The van der Waals surface area contributed by atoms with Crippen LogP contribution in [0.5, 0.6) is 0 Å². The minimum atomic E-state index is -3.19. The van der Waals surface area contributed by atoms with Gasteiger partial charge in [0.05, 0.1) is 5.75 Å². The number of likely N-dealkylation sites (N-methyl/N-ethyl adjacent to an activating group) is 1. The molecule has 1 unspecified atom stereocenters. The van der Waals surface area contributed by atoms with Crippen molar-refractivity contribution in [3.05, 3.63) is 12.7 Å². The van der Waals surface area contributed by atoms with E-state index in [4.69, 9.17) is 5.73 Å². The maximum absolute atomic E-state index is 11.7. The lowest BCUT2D eigenvalue weighted by Gasteiger charge is -2.25. The number of hydrogen-bond donors (Lipinski definition) is 1. The van der Waals surface area contributed by atoms with Crippen molar-refractivity contribution >= 4 is 10.0 Å². The monoisotopic (exact) mass is 218 g/mol. The van der Waals surface area contributed by atoms with Crippen LogP contribution in [0.2, 0.25) is 0 Å². The molecule has 1 saturated carbocycles. The van der Waals surface area contributed by atoms with Crippen molar-refractivity contribution in [3.63, 3.8) is 0 Å². The van der Waals surface area contributed by atoms with E-state index in [-0.39, 0.29) is 11.8 Å². The van der Waals surface area contributed by atoms with Gasteiger partial charge in [0.1, 0.15) is 0 Å². The zero-order valence-corrected chi connectivity index (χ0v) is 9.33. The summed E-state index contributed by atoms with van der Waals surface area (Å²) in [6, 6.07) is -0.0278. The van der Waals surface area contributed by atoms with E-state index in [1.54, 1.807) is 7.05 Å². The van der Waals surface area contributed by atoms with Crippen molar-refractivity contribution in [2.45, 2.75) is 18.9 Å². The van der Waals surface area contributed by atoms with Crippen molar-refractivity contribution in [2.75, 3.05) is 19.3 Å². The minimum absolute atomic E-state index is 0.00722. The topological polar surface area (TPSA) is 63.4 Å². The summed E-state index contributed by atoms with van der Waals surface area (Å²) in [5, 5.41) is 0. The molecule has 1 atom stereocenters. The van der Waals surface area contributed by atoms with E-state index in [9.17, 15) is 8.42 Å². The molecule has 0 aromatic rings. The molecule has 0 saturated heterocycles. The number of hydrogen-bond acceptors (Lipinski definition) is 3. The predicted octanol–water partition coefficient (Wildman–Crippen LogP) is 0.171. The van der Waals surface area contributed by atoms with Gasteiger partial charge in [-0.25, -0.2) is 12.7 Å². The van der Waals surface area contributed by atoms with Gasteiger partial charge >= 0.3 is 0 Å². The third kappa shape index (κ3) is 2.56. The molecule has 0 spiro atoms. The Hall–Kier alpha value is -0.390. The predicted molar refractivity (Wildman–Crippen MR) is 57.3 cm³/mol. The molecule has 5 heteroatoms. The molecule has 0 aliphatic heterocycles. The van der Waals surface area contributed by atoms with E-state index < -0.39 is 10.0 Å². The van der Waals surface area contributed by atoms with Crippen LogP contribution in [0.4, 0.5) is 0 Å². The molecule has 0 amide bonds. The van der Waals surface area contributed by atoms with E-state index >= 15 is 0 Å². The van der Waals surface area contributed by atoms with Gasteiger partial charge in [0, 0.05) is 19.6 Å². The van der Waals surface area contributed by atoms with Crippen molar-refractivity contribution < 1.29 is 8.42 Å². The van der Waals surface area contributed by atoms with E-state index in [1.165, 1.54) is 10.4 Å². The molecule has 0 radical (unpaired) electrons. The molecule has 4 nitrogen and oxygen atoms in total. The van der Waals surface area contributed by atoms with Crippen molar-refractivity contribution in [3.8, 4) is 0 Å². The molecule has 0 bridgehead atoms. The summed E-state index contributed by atoms with van der Waals surface area (Å²) in [5.41, 5.74) is 5.58. The standard InChI is InChI=1S/C9H18N2O2S/c1-3-6-14(12,13)11(2)9(7-10)8-4-5-8/h3,8-9H,1,4-7,10H2,2H3. The second-order valence-electron chi connectivity index (χ2n) is 3.72. The number of nitrogens with two attached hydrogens (primary N) is 1. The molecular weight excluding hydrogens is 200 g/mol. The van der Waals surface area contributed by atoms with Gasteiger partial charge in [0.2, 0.25) is 10.0 Å². The first-order chi connectivity index (χ1) is 6.53. The normalized spacial score (nSPS) is 19.6. The molecule has 0 heterocycles. The minimum Gasteiger partial charge on any atom is -0.329 e. The summed E-state index contributed by atoms with van der Waals surface area (Å²) >= 11 is 0. The van der Waals surface area contributed by atoms with Crippen LogP contribution in [0.3, 0.4) is 0 Å². The summed E-state index contributed by atoms with van der Waals surface area (Å²) < 4.78 is 24.7. The number of sulfonamides is 1. The van der Waals surface area contributed by atoms with Crippen LogP contribution >= 0.6 is 0 Å². The van der Waals surface area contributed by atoms with E-state index in [2.05, 4.69) is 6.58 Å². The summed E-state index contributed by atoms with van der Waals surface area (Å²) in [5.74, 6) is 0.455. The van der Waals surface area contributed by atoms with Crippen molar-refractivity contribution in [1.82, 2.24) is 4.31 Å². The highest BCUT2D eigenvalue weighted by Crippen LogP contribution is 2.35. The molecule has 14 heavy (non-hydrogen) atoms. The lowest BCUT2D eigenvalue weighted by molar-refractivity contribution is 0.341. The fourth-order valence-electron chi connectivity index (χ4n) is 1.59. The quantitative estimate of drug-likeness (QED) is 0.646. The Bertz CT molecular complexity index is 296. The van der Waals surface area contributed by atoms with E-state index in [0.717, 1.165) is 12.8 Å². The Kier molecular flexibility index (Phi) is 3.69. The van der Waals surface area contributed by atoms with Crippen LogP contribution in [0.15, 0.2) is 12.7 Å². The van der Waals surface area contributed by atoms with E-state index in [1.807, 2.05) is 0 Å². The number of rotatable bonds is 6. The summed E-state index contributed by atoms with van der Waals surface area (Å²) in [6.07, 6.45) is 3.60. The van der Waals surface area contributed by atoms with E-state index in [0.29, 0.717) is 12.5 Å². The van der Waals surface area contributed by atoms with Gasteiger partial charge in [0.25, 0.3) is 0 Å². The second-order valence-corrected chi connectivity index (χ2v) is 5.80. The average molecular weight is 218 g/mol. The molecular formula is C9H18N2O2S. The fourth-order valence-corrected chi connectivity index (χ4v) is 2.80. The number of nitrogens with zero attached hydrogens (tertiary/aromatic N) is 1. The summed E-state index contributed by atoms with van der Waals surface area (Å²) in [6.45, 7) is 3.84. The highest BCUT2D eigenvalue weighted by molar-refractivity contribution is 7.89. The highest BCUT2D eigenvalue weighted by Gasteiger charge is 2.36. The zero-order valence-electron chi connectivity index (χ0n) is 8.52. The maximum Gasteiger partial charge on any atom is 0.217 e. The smallest absolute Gasteiger partial charge is 0.217 e. The van der Waals surface area contributed by atoms with Crippen LogP contribution in [0.25, 0.3) is 0 Å². The average Bonchev–Trinajstić information content (AvgIpc) is 2.89. The molecule has 2 N–H and O–H groups in total. The Balaban J connectivity index is 2.70. The van der Waals surface area contributed by atoms with Gasteiger partial charge in [0.15, 0.2) is 0 Å². The van der Waals surface area contributed by atoms with Gasteiger partial charge in [-0.05, 0) is 18.8 Å². The summed E-state index contributed by atoms with van der Waals surface area (Å²) in [4.78, 5) is 0. The molecule has 1 aliphatic rings. The van der Waals surface area contributed by atoms with Crippen LogP contribution < -0.4 is 5.73 Å². The summed E-state index contributed by atoms with van der Waals surface area (Å²) in [7, 11) is -1.59. The van der Waals surface area contributed by atoms with Gasteiger partial charge in [-0.15, -0.1) is 6.58 Å². The van der Waals surface area contributed by atoms with Crippen LogP contribution in [0, 0.1) is 5.92 Å². The van der Waals surface area contributed by atoms with Crippen LogP contribution in [-0.4, -0.2) is 38.1 Å². The first kappa shape index (κ1) is 11.7. The molecule has 82 valence electrons. The lowest BCUT2D eigenvalue weighted by atomic mass is 10.2. The third-order valence-corrected chi connectivity index (χ3v) is 4.45. The zero-order chi connectivity index (χ0) is 10.8. The first-order valence-electron chi connectivity index (χ1n) is 4.79. The van der Waals surface area contributed by atoms with Crippen LogP contribution in [-0.2, 0) is 10.0 Å². The molecule has 1 rings (SSSR count). The largest absolute Gasteiger partial charge is 0.329 e. The van der Waals surface area contributed by atoms with Crippen molar-refractivity contribution in [1.29, 1.82) is 0 Å². The molecule has 0 aromatic carbocycles. The highest BCUT2D eigenvalue weighted by atomic mass is 32.2. The Morgan fingerprint density at radius 3 is 2.57 bits per heavy atom.